The van der Waals surface area contributed by atoms with Gasteiger partial charge < -0.3 is 9.80 Å². The van der Waals surface area contributed by atoms with Gasteiger partial charge in [-0.1, -0.05) is 67.4 Å². The Bertz CT molecular complexity index is 908. The highest BCUT2D eigenvalue weighted by Crippen LogP contribution is 2.40. The van der Waals surface area contributed by atoms with Gasteiger partial charge in [-0.3, -0.25) is 9.59 Å². The van der Waals surface area contributed by atoms with Gasteiger partial charge in [0, 0.05) is 33.1 Å². The molecule has 1 aliphatic carbocycles. The van der Waals surface area contributed by atoms with Crippen molar-refractivity contribution in [3.8, 4) is 11.1 Å². The molecule has 0 spiro atoms. The quantitative estimate of drug-likeness (QED) is 0.701. The fraction of sp³-hybridized carbons (Fsp3) is 0.481. The van der Waals surface area contributed by atoms with Crippen LogP contribution in [0.15, 0.2) is 54.6 Å². The van der Waals surface area contributed by atoms with Gasteiger partial charge in [0.15, 0.2) is 0 Å². The van der Waals surface area contributed by atoms with Crippen LogP contribution in [0.3, 0.4) is 0 Å². The van der Waals surface area contributed by atoms with E-state index in [1.165, 1.54) is 29.5 Å². The van der Waals surface area contributed by atoms with E-state index in [9.17, 15) is 9.59 Å². The summed E-state index contributed by atoms with van der Waals surface area (Å²) in [5.74, 6) is 0.701. The third-order valence-corrected chi connectivity index (χ3v) is 7.23. The first-order valence-electron chi connectivity index (χ1n) is 11.6. The summed E-state index contributed by atoms with van der Waals surface area (Å²) in [5, 5.41) is 0. The number of piperidine rings is 1. The molecule has 164 valence electrons. The molecule has 4 rings (SSSR count). The number of benzene rings is 2. The molecule has 2 amide bonds. The predicted molar refractivity (Wildman–Crippen MR) is 124 cm³/mol. The molecule has 1 heterocycles. The Morgan fingerprint density at radius 3 is 2.19 bits per heavy atom. The highest BCUT2D eigenvalue weighted by molar-refractivity contribution is 5.84. The molecule has 1 aliphatic heterocycles. The van der Waals surface area contributed by atoms with Gasteiger partial charge in [-0.2, -0.15) is 0 Å². The maximum Gasteiger partial charge on any atom is 0.228 e. The van der Waals surface area contributed by atoms with Crippen molar-refractivity contribution < 1.29 is 9.59 Å². The van der Waals surface area contributed by atoms with Crippen LogP contribution in [0.4, 0.5) is 0 Å². The van der Waals surface area contributed by atoms with E-state index in [1.54, 1.807) is 4.90 Å². The van der Waals surface area contributed by atoms with Crippen molar-refractivity contribution in [2.45, 2.75) is 44.9 Å². The number of likely N-dealkylation sites (tertiary alicyclic amines) is 1. The van der Waals surface area contributed by atoms with Gasteiger partial charge in [0.1, 0.15) is 0 Å². The van der Waals surface area contributed by atoms with Crippen molar-refractivity contribution >= 4 is 11.8 Å². The van der Waals surface area contributed by atoms with Gasteiger partial charge >= 0.3 is 0 Å². The Balaban J connectivity index is 1.58. The molecule has 0 bridgehead atoms. The van der Waals surface area contributed by atoms with Crippen LogP contribution in [0, 0.1) is 11.3 Å². The molecule has 2 fully saturated rings. The lowest BCUT2D eigenvalue weighted by Gasteiger charge is -2.43. The van der Waals surface area contributed by atoms with Crippen molar-refractivity contribution in [1.29, 1.82) is 0 Å². The Hall–Kier alpha value is -2.62. The second-order valence-electron chi connectivity index (χ2n) is 9.49. The van der Waals surface area contributed by atoms with Crippen molar-refractivity contribution in [3.63, 3.8) is 0 Å². The van der Waals surface area contributed by atoms with Crippen LogP contribution in [0.5, 0.6) is 0 Å². The first-order chi connectivity index (χ1) is 15.0. The molecule has 0 atom stereocenters. The number of rotatable bonds is 5. The molecule has 1 saturated heterocycles. The molecular weight excluding hydrogens is 384 g/mol. The summed E-state index contributed by atoms with van der Waals surface area (Å²) in [7, 11) is 3.70. The summed E-state index contributed by atoms with van der Waals surface area (Å²) in [6.07, 6.45) is 6.56. The van der Waals surface area contributed by atoms with Gasteiger partial charge in [0.05, 0.1) is 5.41 Å². The van der Waals surface area contributed by atoms with Crippen LogP contribution in [0.1, 0.15) is 44.1 Å². The average molecular weight is 419 g/mol. The molecule has 0 aromatic heterocycles. The van der Waals surface area contributed by atoms with Crippen molar-refractivity contribution in [3.05, 3.63) is 60.2 Å². The molecule has 0 radical (unpaired) electrons. The van der Waals surface area contributed by atoms with Crippen molar-refractivity contribution in [1.82, 2.24) is 9.80 Å². The first-order valence-corrected chi connectivity index (χ1v) is 11.6. The summed E-state index contributed by atoms with van der Waals surface area (Å²) < 4.78 is 0. The lowest BCUT2D eigenvalue weighted by Crippen LogP contribution is -2.51. The Morgan fingerprint density at radius 1 is 0.935 bits per heavy atom. The molecule has 4 heteroatoms. The topological polar surface area (TPSA) is 40.6 Å². The zero-order valence-corrected chi connectivity index (χ0v) is 18.8. The zero-order valence-electron chi connectivity index (χ0n) is 18.8. The first kappa shape index (κ1) is 21.6. The van der Waals surface area contributed by atoms with Crippen molar-refractivity contribution in [2.75, 3.05) is 27.2 Å². The number of hydrogen-bond acceptors (Lipinski definition) is 2. The molecule has 2 aromatic carbocycles. The van der Waals surface area contributed by atoms with Crippen LogP contribution in [-0.4, -0.2) is 48.8 Å². The monoisotopic (exact) mass is 418 g/mol. The number of carbonyl (C=O) groups excluding carboxylic acids is 2. The minimum atomic E-state index is -0.458. The van der Waals surface area contributed by atoms with Crippen LogP contribution in [-0.2, 0) is 16.0 Å². The Labute approximate surface area is 186 Å². The van der Waals surface area contributed by atoms with Gasteiger partial charge in [-0.25, -0.2) is 0 Å². The standard InChI is InChI=1S/C27H34N2O2/c1-28(2)26(31)27(16-18-29(19-17-27)25(30)22-12-6-7-13-22)20-23-14-8-9-15-24(23)21-10-4-3-5-11-21/h3-5,8-11,14-15,22H,6-7,12-13,16-20H2,1-2H3. The molecule has 1 saturated carbocycles. The van der Waals surface area contributed by atoms with Crippen LogP contribution in [0.2, 0.25) is 0 Å². The normalized spacial score (nSPS) is 18.7. The van der Waals surface area contributed by atoms with E-state index in [0.717, 1.165) is 25.7 Å². The van der Waals surface area contributed by atoms with E-state index in [1.807, 2.05) is 25.1 Å². The van der Waals surface area contributed by atoms with Gasteiger partial charge in [-0.15, -0.1) is 0 Å². The van der Waals surface area contributed by atoms with E-state index in [4.69, 9.17) is 0 Å². The summed E-state index contributed by atoms with van der Waals surface area (Å²) in [5.41, 5.74) is 3.12. The maximum absolute atomic E-state index is 13.4. The fourth-order valence-electron chi connectivity index (χ4n) is 5.47. The highest BCUT2D eigenvalue weighted by Gasteiger charge is 2.44. The minimum absolute atomic E-state index is 0.184. The average Bonchev–Trinajstić information content (AvgIpc) is 3.34. The Kier molecular flexibility index (Phi) is 6.45. The third kappa shape index (κ3) is 4.53. The summed E-state index contributed by atoms with van der Waals surface area (Å²) in [6, 6.07) is 18.8. The number of hydrogen-bond donors (Lipinski definition) is 0. The highest BCUT2D eigenvalue weighted by atomic mass is 16.2. The van der Waals surface area contributed by atoms with E-state index >= 15 is 0 Å². The largest absolute Gasteiger partial charge is 0.348 e. The molecule has 0 unspecified atom stereocenters. The van der Waals surface area contributed by atoms with E-state index in [0.29, 0.717) is 25.4 Å². The molecule has 4 nitrogen and oxygen atoms in total. The fourth-order valence-corrected chi connectivity index (χ4v) is 5.47. The molecule has 0 N–H and O–H groups in total. The number of carbonyl (C=O) groups is 2. The molecule has 31 heavy (non-hydrogen) atoms. The predicted octanol–water partition coefficient (Wildman–Crippen LogP) is 4.78. The van der Waals surface area contributed by atoms with Crippen LogP contribution < -0.4 is 0 Å². The van der Waals surface area contributed by atoms with Gasteiger partial charge in [-0.05, 0) is 48.8 Å². The number of amides is 2. The lowest BCUT2D eigenvalue weighted by molar-refractivity contribution is -0.147. The SMILES string of the molecule is CN(C)C(=O)C1(Cc2ccccc2-c2ccccc2)CCN(C(=O)C2CCCC2)CC1. The maximum atomic E-state index is 13.4. The van der Waals surface area contributed by atoms with Crippen molar-refractivity contribution in [2.24, 2.45) is 11.3 Å². The lowest BCUT2D eigenvalue weighted by atomic mass is 9.71. The Morgan fingerprint density at radius 2 is 1.55 bits per heavy atom. The minimum Gasteiger partial charge on any atom is -0.348 e. The van der Waals surface area contributed by atoms with Crippen LogP contribution >= 0.6 is 0 Å². The summed E-state index contributed by atoms with van der Waals surface area (Å²) in [6.45, 7) is 1.37. The van der Waals surface area contributed by atoms with Crippen LogP contribution in [0.25, 0.3) is 11.1 Å². The molecular formula is C27H34N2O2. The summed E-state index contributed by atoms with van der Waals surface area (Å²) >= 11 is 0. The van der Waals surface area contributed by atoms with E-state index in [-0.39, 0.29) is 11.8 Å². The second-order valence-corrected chi connectivity index (χ2v) is 9.49. The third-order valence-electron chi connectivity index (χ3n) is 7.23. The summed E-state index contributed by atoms with van der Waals surface area (Å²) in [4.78, 5) is 30.1. The second kappa shape index (κ2) is 9.25. The van der Waals surface area contributed by atoms with E-state index < -0.39 is 5.41 Å². The number of nitrogens with zero attached hydrogens (tertiary/aromatic N) is 2. The smallest absolute Gasteiger partial charge is 0.228 e. The van der Waals surface area contributed by atoms with E-state index in [2.05, 4.69) is 48.5 Å². The zero-order chi connectivity index (χ0) is 21.8. The van der Waals surface area contributed by atoms with Gasteiger partial charge in [0.2, 0.25) is 11.8 Å². The van der Waals surface area contributed by atoms with Gasteiger partial charge in [0.25, 0.3) is 0 Å². The molecule has 2 aliphatic rings. The molecule has 2 aromatic rings.